The molecule has 2 rings (SSSR count). The second-order valence-electron chi connectivity index (χ2n) is 6.11. The molecule has 6 nitrogen and oxygen atoms in total. The molecular formula is C15H26N4O2. The van der Waals surface area contributed by atoms with Gasteiger partial charge in [-0.3, -0.25) is 9.69 Å². The van der Waals surface area contributed by atoms with Crippen LogP contribution >= 0.6 is 0 Å². The molecule has 1 aliphatic heterocycles. The van der Waals surface area contributed by atoms with Crippen molar-refractivity contribution in [2.45, 2.75) is 39.3 Å². The normalized spacial score (nSPS) is 18.9. The fourth-order valence-electron chi connectivity index (χ4n) is 2.38. The highest BCUT2D eigenvalue weighted by molar-refractivity contribution is 5.81. The van der Waals surface area contributed by atoms with Crippen molar-refractivity contribution in [3.8, 4) is 0 Å². The van der Waals surface area contributed by atoms with E-state index in [1.54, 1.807) is 0 Å². The first-order valence-electron chi connectivity index (χ1n) is 7.63. The molecule has 1 atom stereocenters. The molecule has 1 aromatic heterocycles. The van der Waals surface area contributed by atoms with Crippen LogP contribution in [0.5, 0.6) is 0 Å². The SMILES string of the molecule is CC(C)c1cc(CNC(=O)[C@H](C)N2CCN(C)CC2)no1. The van der Waals surface area contributed by atoms with Crippen molar-refractivity contribution < 1.29 is 9.32 Å². The van der Waals surface area contributed by atoms with Crippen LogP contribution in [0.1, 0.15) is 38.1 Å². The van der Waals surface area contributed by atoms with Crippen LogP contribution < -0.4 is 5.32 Å². The summed E-state index contributed by atoms with van der Waals surface area (Å²) in [7, 11) is 2.11. The Balaban J connectivity index is 1.80. The first kappa shape index (κ1) is 16.0. The van der Waals surface area contributed by atoms with E-state index in [-0.39, 0.29) is 11.9 Å². The van der Waals surface area contributed by atoms with Gasteiger partial charge in [-0.1, -0.05) is 19.0 Å². The number of carbonyl (C=O) groups is 1. The van der Waals surface area contributed by atoms with Crippen molar-refractivity contribution in [2.75, 3.05) is 33.2 Å². The van der Waals surface area contributed by atoms with Gasteiger partial charge in [-0.25, -0.2) is 0 Å². The Morgan fingerprint density at radius 2 is 2.00 bits per heavy atom. The summed E-state index contributed by atoms with van der Waals surface area (Å²) in [6.45, 7) is 10.4. The number of rotatable bonds is 5. The van der Waals surface area contributed by atoms with Crippen molar-refractivity contribution in [2.24, 2.45) is 0 Å². The van der Waals surface area contributed by atoms with Gasteiger partial charge in [0, 0.05) is 38.2 Å². The van der Waals surface area contributed by atoms with Crippen LogP contribution in [0.2, 0.25) is 0 Å². The minimum Gasteiger partial charge on any atom is -0.361 e. The topological polar surface area (TPSA) is 61.6 Å². The van der Waals surface area contributed by atoms with Gasteiger partial charge in [0.1, 0.15) is 11.5 Å². The van der Waals surface area contributed by atoms with Crippen LogP contribution in [-0.2, 0) is 11.3 Å². The fourth-order valence-corrected chi connectivity index (χ4v) is 2.38. The number of hydrogen-bond acceptors (Lipinski definition) is 5. The van der Waals surface area contributed by atoms with Crippen LogP contribution in [0.25, 0.3) is 0 Å². The van der Waals surface area contributed by atoms with Crippen LogP contribution in [0.3, 0.4) is 0 Å². The summed E-state index contributed by atoms with van der Waals surface area (Å²) in [5.41, 5.74) is 0.776. The summed E-state index contributed by atoms with van der Waals surface area (Å²) in [5.74, 6) is 1.21. The quantitative estimate of drug-likeness (QED) is 0.879. The molecule has 2 heterocycles. The molecule has 0 aromatic carbocycles. The van der Waals surface area contributed by atoms with Gasteiger partial charge in [0.2, 0.25) is 5.91 Å². The minimum absolute atomic E-state index is 0.0497. The number of nitrogens with one attached hydrogen (secondary N) is 1. The molecule has 1 fully saturated rings. The van der Waals surface area contributed by atoms with E-state index in [1.807, 2.05) is 13.0 Å². The second-order valence-corrected chi connectivity index (χ2v) is 6.11. The molecule has 0 saturated carbocycles. The number of aromatic nitrogens is 1. The van der Waals surface area contributed by atoms with Crippen molar-refractivity contribution in [3.63, 3.8) is 0 Å². The summed E-state index contributed by atoms with van der Waals surface area (Å²) in [6.07, 6.45) is 0. The van der Waals surface area contributed by atoms with E-state index in [0.29, 0.717) is 12.5 Å². The highest BCUT2D eigenvalue weighted by Gasteiger charge is 2.24. The largest absolute Gasteiger partial charge is 0.361 e. The van der Waals surface area contributed by atoms with E-state index < -0.39 is 0 Å². The van der Waals surface area contributed by atoms with E-state index in [1.165, 1.54) is 0 Å². The molecule has 1 aliphatic rings. The van der Waals surface area contributed by atoms with E-state index >= 15 is 0 Å². The standard InChI is InChI=1S/C15H26N4O2/c1-11(2)14-9-13(17-21-14)10-16-15(20)12(3)19-7-5-18(4)6-8-19/h9,11-12H,5-8,10H2,1-4H3,(H,16,20)/t12-/m0/s1. The molecule has 0 spiro atoms. The summed E-state index contributed by atoms with van der Waals surface area (Å²) >= 11 is 0. The third-order valence-corrected chi connectivity index (χ3v) is 4.05. The molecule has 118 valence electrons. The maximum Gasteiger partial charge on any atom is 0.237 e. The summed E-state index contributed by atoms with van der Waals surface area (Å²) in [5, 5.41) is 6.92. The lowest BCUT2D eigenvalue weighted by atomic mass is 10.1. The molecule has 0 unspecified atom stereocenters. The zero-order chi connectivity index (χ0) is 15.4. The Morgan fingerprint density at radius 1 is 1.33 bits per heavy atom. The lowest BCUT2D eigenvalue weighted by Gasteiger charge is -2.35. The number of likely N-dealkylation sites (N-methyl/N-ethyl adjacent to an activating group) is 1. The predicted molar refractivity (Wildman–Crippen MR) is 81.0 cm³/mol. The molecule has 0 aliphatic carbocycles. The van der Waals surface area contributed by atoms with Crippen LogP contribution in [0, 0.1) is 0 Å². The number of amides is 1. The Kier molecular flexibility index (Phi) is 5.36. The van der Waals surface area contributed by atoms with Gasteiger partial charge in [0.05, 0.1) is 12.6 Å². The predicted octanol–water partition coefficient (Wildman–Crippen LogP) is 1.05. The number of carbonyl (C=O) groups excluding carboxylic acids is 1. The van der Waals surface area contributed by atoms with Gasteiger partial charge >= 0.3 is 0 Å². The van der Waals surface area contributed by atoms with E-state index in [9.17, 15) is 4.79 Å². The van der Waals surface area contributed by atoms with Crippen molar-refractivity contribution in [3.05, 3.63) is 17.5 Å². The molecule has 1 saturated heterocycles. The average molecular weight is 294 g/mol. The van der Waals surface area contributed by atoms with Gasteiger partial charge in [-0.05, 0) is 14.0 Å². The first-order valence-corrected chi connectivity index (χ1v) is 7.63. The van der Waals surface area contributed by atoms with Gasteiger partial charge in [0.15, 0.2) is 0 Å². The molecule has 0 radical (unpaired) electrons. The van der Waals surface area contributed by atoms with E-state index in [2.05, 4.69) is 41.2 Å². The molecule has 6 heteroatoms. The molecule has 1 aromatic rings. The summed E-state index contributed by atoms with van der Waals surface area (Å²) in [4.78, 5) is 16.7. The molecular weight excluding hydrogens is 268 g/mol. The molecule has 0 bridgehead atoms. The zero-order valence-corrected chi connectivity index (χ0v) is 13.4. The Labute approximate surface area is 126 Å². The number of nitrogens with zero attached hydrogens (tertiary/aromatic N) is 3. The van der Waals surface area contributed by atoms with Gasteiger partial charge in [-0.2, -0.15) is 0 Å². The van der Waals surface area contributed by atoms with E-state index in [4.69, 9.17) is 4.52 Å². The molecule has 1 amide bonds. The van der Waals surface area contributed by atoms with Crippen LogP contribution in [0.4, 0.5) is 0 Å². The Morgan fingerprint density at radius 3 is 2.57 bits per heavy atom. The Hall–Kier alpha value is -1.40. The fraction of sp³-hybridized carbons (Fsp3) is 0.733. The highest BCUT2D eigenvalue weighted by atomic mass is 16.5. The van der Waals surface area contributed by atoms with Crippen molar-refractivity contribution in [1.82, 2.24) is 20.3 Å². The molecule has 1 N–H and O–H groups in total. The van der Waals surface area contributed by atoms with Gasteiger partial charge in [0.25, 0.3) is 0 Å². The maximum atomic E-state index is 12.2. The second kappa shape index (κ2) is 7.04. The first-order chi connectivity index (χ1) is 9.97. The van der Waals surface area contributed by atoms with Gasteiger partial charge < -0.3 is 14.7 Å². The third kappa shape index (κ3) is 4.28. The molecule has 21 heavy (non-hydrogen) atoms. The Bertz CT molecular complexity index is 464. The smallest absolute Gasteiger partial charge is 0.237 e. The zero-order valence-electron chi connectivity index (χ0n) is 13.4. The third-order valence-electron chi connectivity index (χ3n) is 4.05. The van der Waals surface area contributed by atoms with Crippen LogP contribution in [-0.4, -0.2) is 60.1 Å². The summed E-state index contributed by atoms with van der Waals surface area (Å²) in [6, 6.07) is 1.81. The van der Waals surface area contributed by atoms with Gasteiger partial charge in [-0.15, -0.1) is 0 Å². The van der Waals surface area contributed by atoms with Crippen molar-refractivity contribution in [1.29, 1.82) is 0 Å². The number of piperazine rings is 1. The number of hydrogen-bond donors (Lipinski definition) is 1. The lowest BCUT2D eigenvalue weighted by Crippen LogP contribution is -2.52. The monoisotopic (exact) mass is 294 g/mol. The average Bonchev–Trinajstić information content (AvgIpc) is 2.94. The minimum atomic E-state index is -0.102. The van der Waals surface area contributed by atoms with Crippen LogP contribution in [0.15, 0.2) is 10.6 Å². The van der Waals surface area contributed by atoms with E-state index in [0.717, 1.165) is 37.6 Å². The highest BCUT2D eigenvalue weighted by Crippen LogP contribution is 2.14. The van der Waals surface area contributed by atoms with Crippen molar-refractivity contribution >= 4 is 5.91 Å². The maximum absolute atomic E-state index is 12.2. The summed E-state index contributed by atoms with van der Waals surface area (Å²) < 4.78 is 5.23. The lowest BCUT2D eigenvalue weighted by molar-refractivity contribution is -0.126.